The van der Waals surface area contributed by atoms with Gasteiger partial charge in [-0.3, -0.25) is 0 Å². The number of rotatable bonds is 3. The standard InChI is InChI=1S/C4H10N2O/c1-7-4-6-3-2-5/h2-3,6H,4-5H2,1H3/b3-2+. The SMILES string of the molecule is COCN/C=C/N. The number of nitrogens with one attached hydrogen (secondary N) is 1. The van der Waals surface area contributed by atoms with E-state index in [9.17, 15) is 0 Å². The molecule has 3 N–H and O–H groups in total. The van der Waals surface area contributed by atoms with Crippen molar-refractivity contribution in [2.45, 2.75) is 0 Å². The predicted molar refractivity (Wildman–Crippen MR) is 28.3 cm³/mol. The summed E-state index contributed by atoms with van der Waals surface area (Å²) in [5.41, 5.74) is 4.97. The van der Waals surface area contributed by atoms with Crippen LogP contribution >= 0.6 is 0 Å². The first-order valence-electron chi connectivity index (χ1n) is 2.01. The number of nitrogens with two attached hydrogens (primary N) is 1. The minimum absolute atomic E-state index is 0.508. The normalized spacial score (nSPS) is 9.86. The van der Waals surface area contributed by atoms with E-state index in [0.29, 0.717) is 6.73 Å². The van der Waals surface area contributed by atoms with Gasteiger partial charge in [-0.05, 0) is 0 Å². The molecule has 0 saturated carbocycles. The van der Waals surface area contributed by atoms with Crippen molar-refractivity contribution in [3.05, 3.63) is 12.4 Å². The van der Waals surface area contributed by atoms with E-state index >= 15 is 0 Å². The Hall–Kier alpha value is -0.700. The van der Waals surface area contributed by atoms with Crippen molar-refractivity contribution in [3.8, 4) is 0 Å². The monoisotopic (exact) mass is 102 g/mol. The van der Waals surface area contributed by atoms with Crippen LogP contribution in [0.1, 0.15) is 0 Å². The highest BCUT2D eigenvalue weighted by atomic mass is 16.5. The molecule has 0 fully saturated rings. The Balaban J connectivity index is 2.69. The van der Waals surface area contributed by atoms with Crippen LogP contribution in [0.4, 0.5) is 0 Å². The fourth-order valence-corrected chi connectivity index (χ4v) is 0.199. The summed E-state index contributed by atoms with van der Waals surface area (Å²) in [5.74, 6) is 0. The maximum absolute atomic E-state index is 4.97. The van der Waals surface area contributed by atoms with Gasteiger partial charge in [-0.15, -0.1) is 0 Å². The molecule has 42 valence electrons. The second-order valence-corrected chi connectivity index (χ2v) is 0.996. The maximum atomic E-state index is 4.97. The Labute approximate surface area is 43.1 Å². The largest absolute Gasteiger partial charge is 0.403 e. The van der Waals surface area contributed by atoms with Crippen LogP contribution in [0.2, 0.25) is 0 Å². The lowest BCUT2D eigenvalue weighted by Crippen LogP contribution is -2.08. The number of hydrogen-bond donors (Lipinski definition) is 2. The van der Waals surface area contributed by atoms with Crippen molar-refractivity contribution in [2.75, 3.05) is 13.8 Å². The molecule has 0 spiro atoms. The van der Waals surface area contributed by atoms with Gasteiger partial charge in [0.1, 0.15) is 6.73 Å². The molecule has 0 aromatic carbocycles. The van der Waals surface area contributed by atoms with Crippen molar-refractivity contribution >= 4 is 0 Å². The Morgan fingerprint density at radius 2 is 2.57 bits per heavy atom. The van der Waals surface area contributed by atoms with Gasteiger partial charge in [0, 0.05) is 19.5 Å². The van der Waals surface area contributed by atoms with Crippen LogP contribution in [0.5, 0.6) is 0 Å². The first-order chi connectivity index (χ1) is 3.41. The molecule has 0 aliphatic rings. The van der Waals surface area contributed by atoms with E-state index in [-0.39, 0.29) is 0 Å². The highest BCUT2D eigenvalue weighted by Crippen LogP contribution is 1.57. The van der Waals surface area contributed by atoms with Crippen molar-refractivity contribution in [2.24, 2.45) is 5.73 Å². The van der Waals surface area contributed by atoms with E-state index in [1.807, 2.05) is 0 Å². The van der Waals surface area contributed by atoms with E-state index in [2.05, 4.69) is 10.1 Å². The van der Waals surface area contributed by atoms with Gasteiger partial charge < -0.3 is 15.8 Å². The Morgan fingerprint density at radius 3 is 3.00 bits per heavy atom. The summed E-state index contributed by atoms with van der Waals surface area (Å²) in [7, 11) is 1.61. The molecular formula is C4H10N2O. The van der Waals surface area contributed by atoms with E-state index in [1.54, 1.807) is 13.3 Å². The van der Waals surface area contributed by atoms with Gasteiger partial charge >= 0.3 is 0 Å². The highest BCUT2D eigenvalue weighted by molar-refractivity contribution is 4.69. The van der Waals surface area contributed by atoms with Gasteiger partial charge in [0.15, 0.2) is 0 Å². The third-order valence-electron chi connectivity index (χ3n) is 0.442. The fraction of sp³-hybridized carbons (Fsp3) is 0.500. The van der Waals surface area contributed by atoms with E-state index in [4.69, 9.17) is 5.73 Å². The Kier molecular flexibility index (Phi) is 4.77. The van der Waals surface area contributed by atoms with Gasteiger partial charge in [-0.1, -0.05) is 0 Å². The summed E-state index contributed by atoms with van der Waals surface area (Å²) < 4.78 is 4.63. The molecule has 3 nitrogen and oxygen atoms in total. The molecular weight excluding hydrogens is 92.1 g/mol. The third-order valence-corrected chi connectivity index (χ3v) is 0.442. The summed E-state index contributed by atoms with van der Waals surface area (Å²) >= 11 is 0. The van der Waals surface area contributed by atoms with Crippen LogP contribution in [0.3, 0.4) is 0 Å². The number of methoxy groups -OCH3 is 1. The molecule has 7 heavy (non-hydrogen) atoms. The zero-order chi connectivity index (χ0) is 5.54. The van der Waals surface area contributed by atoms with Gasteiger partial charge in [-0.25, -0.2) is 0 Å². The Bertz CT molecular complexity index is 53.7. The molecule has 0 aromatic rings. The Morgan fingerprint density at radius 1 is 1.86 bits per heavy atom. The average Bonchev–Trinajstić information content (AvgIpc) is 1.69. The zero-order valence-electron chi connectivity index (χ0n) is 4.35. The van der Waals surface area contributed by atoms with Crippen LogP contribution in [0.15, 0.2) is 12.4 Å². The number of ether oxygens (including phenoxy) is 1. The van der Waals surface area contributed by atoms with Crippen LogP contribution in [0.25, 0.3) is 0 Å². The summed E-state index contributed by atoms with van der Waals surface area (Å²) in [5, 5.41) is 2.76. The van der Waals surface area contributed by atoms with E-state index in [0.717, 1.165) is 0 Å². The smallest absolute Gasteiger partial charge is 0.115 e. The first-order valence-corrected chi connectivity index (χ1v) is 2.01. The highest BCUT2D eigenvalue weighted by Gasteiger charge is 1.66. The van der Waals surface area contributed by atoms with Gasteiger partial charge in [-0.2, -0.15) is 0 Å². The van der Waals surface area contributed by atoms with Crippen molar-refractivity contribution in [1.29, 1.82) is 0 Å². The molecule has 0 atom stereocenters. The maximum Gasteiger partial charge on any atom is 0.115 e. The van der Waals surface area contributed by atoms with Crippen molar-refractivity contribution in [3.63, 3.8) is 0 Å². The second-order valence-electron chi connectivity index (χ2n) is 0.996. The molecule has 0 bridgehead atoms. The molecule has 0 rings (SSSR count). The fourth-order valence-electron chi connectivity index (χ4n) is 0.199. The zero-order valence-corrected chi connectivity index (χ0v) is 4.35. The average molecular weight is 102 g/mol. The molecule has 0 saturated heterocycles. The molecule has 0 aromatic heterocycles. The lowest BCUT2D eigenvalue weighted by atomic mass is 10.9. The molecule has 0 radical (unpaired) electrons. The second kappa shape index (κ2) is 5.30. The number of hydrogen-bond acceptors (Lipinski definition) is 3. The summed E-state index contributed by atoms with van der Waals surface area (Å²) in [4.78, 5) is 0. The van der Waals surface area contributed by atoms with Crippen molar-refractivity contribution in [1.82, 2.24) is 5.32 Å². The molecule has 0 unspecified atom stereocenters. The molecule has 0 aliphatic heterocycles. The van der Waals surface area contributed by atoms with E-state index < -0.39 is 0 Å². The molecule has 3 heteroatoms. The quantitative estimate of drug-likeness (QED) is 0.377. The first kappa shape index (κ1) is 6.30. The van der Waals surface area contributed by atoms with Gasteiger partial charge in [0.05, 0.1) is 0 Å². The van der Waals surface area contributed by atoms with E-state index in [1.165, 1.54) is 6.20 Å². The molecule has 0 amide bonds. The van der Waals surface area contributed by atoms with Gasteiger partial charge in [0.2, 0.25) is 0 Å². The van der Waals surface area contributed by atoms with Gasteiger partial charge in [0.25, 0.3) is 0 Å². The molecule has 0 aliphatic carbocycles. The minimum atomic E-state index is 0.508. The third kappa shape index (κ3) is 5.30. The lowest BCUT2D eigenvalue weighted by Gasteiger charge is -1.93. The van der Waals surface area contributed by atoms with Crippen LogP contribution < -0.4 is 11.1 Å². The van der Waals surface area contributed by atoms with Crippen LogP contribution in [0, 0.1) is 0 Å². The van der Waals surface area contributed by atoms with Crippen LogP contribution in [-0.2, 0) is 4.74 Å². The van der Waals surface area contributed by atoms with Crippen molar-refractivity contribution < 1.29 is 4.74 Å². The summed E-state index contributed by atoms with van der Waals surface area (Å²) in [6, 6.07) is 0. The van der Waals surface area contributed by atoms with Crippen LogP contribution in [-0.4, -0.2) is 13.8 Å². The summed E-state index contributed by atoms with van der Waals surface area (Å²) in [6.45, 7) is 0.508. The summed E-state index contributed by atoms with van der Waals surface area (Å²) in [6.07, 6.45) is 3.03. The molecule has 0 heterocycles. The minimum Gasteiger partial charge on any atom is -0.403 e. The topological polar surface area (TPSA) is 47.3 Å². The lowest BCUT2D eigenvalue weighted by molar-refractivity contribution is 0.187. The predicted octanol–water partition coefficient (Wildman–Crippen LogP) is -0.390.